The highest BCUT2D eigenvalue weighted by atomic mass is 31.2. The summed E-state index contributed by atoms with van der Waals surface area (Å²) < 4.78 is 33.9. The van der Waals surface area contributed by atoms with Crippen LogP contribution in [-0.2, 0) is 32.7 Å². The molecule has 0 N–H and O–H groups in total. The molecule has 0 heterocycles. The maximum absolute atomic E-state index is 12.7. The lowest BCUT2D eigenvalue weighted by Gasteiger charge is -2.28. The molecule has 0 rings (SSSR count). The van der Waals surface area contributed by atoms with E-state index in [1.807, 2.05) is 21.1 Å². The van der Waals surface area contributed by atoms with Gasteiger partial charge < -0.3 is 27.9 Å². The van der Waals surface area contributed by atoms with Crippen LogP contribution in [0.15, 0.2) is 85.1 Å². The number of allylic oxidation sites excluding steroid dienone is 14. The van der Waals surface area contributed by atoms with Gasteiger partial charge in [-0.05, 0) is 96.3 Å². The van der Waals surface area contributed by atoms with Gasteiger partial charge in [0.15, 0.2) is 6.10 Å². The van der Waals surface area contributed by atoms with Gasteiger partial charge in [0, 0.05) is 12.8 Å². The zero-order chi connectivity index (χ0) is 44.3. The Hall–Kier alpha value is -2.81. The Kier molecular flexibility index (Phi) is 39.6. The quantitative estimate of drug-likeness (QED) is 0.0196. The number of quaternary nitrogens is 1. The molecule has 0 fully saturated rings. The third-order valence-electron chi connectivity index (χ3n) is 9.39. The number of carbonyl (C=O) groups is 2. The van der Waals surface area contributed by atoms with Crippen LogP contribution in [0.4, 0.5) is 0 Å². The number of hydrogen-bond donors (Lipinski definition) is 0. The molecule has 0 bridgehead atoms. The number of phosphoric acid groups is 1. The zero-order valence-electron chi connectivity index (χ0n) is 38.6. The van der Waals surface area contributed by atoms with Crippen LogP contribution in [0.3, 0.4) is 0 Å². The molecule has 0 saturated carbocycles. The molecule has 9 nitrogen and oxygen atoms in total. The van der Waals surface area contributed by atoms with Gasteiger partial charge in [0.25, 0.3) is 7.82 Å². The fourth-order valence-electron chi connectivity index (χ4n) is 5.70. The topological polar surface area (TPSA) is 111 Å². The number of carbonyl (C=O) groups excluding carboxylic acids is 2. The molecule has 2 atom stereocenters. The minimum Gasteiger partial charge on any atom is -0.756 e. The van der Waals surface area contributed by atoms with Crippen molar-refractivity contribution in [2.24, 2.45) is 0 Å². The van der Waals surface area contributed by atoms with Gasteiger partial charge in [0.05, 0.1) is 27.7 Å². The monoisotopic (exact) mass is 860 g/mol. The fraction of sp³-hybridized carbons (Fsp3) is 0.680. The van der Waals surface area contributed by atoms with Gasteiger partial charge in [0.1, 0.15) is 19.8 Å². The van der Waals surface area contributed by atoms with Gasteiger partial charge in [-0.15, -0.1) is 0 Å². The van der Waals surface area contributed by atoms with Crippen molar-refractivity contribution < 1.29 is 42.1 Å². The Morgan fingerprint density at radius 1 is 0.517 bits per heavy atom. The van der Waals surface area contributed by atoms with Gasteiger partial charge in [-0.25, -0.2) is 0 Å². The smallest absolute Gasteiger partial charge is 0.306 e. The van der Waals surface area contributed by atoms with Crippen LogP contribution < -0.4 is 4.89 Å². The molecule has 0 radical (unpaired) electrons. The van der Waals surface area contributed by atoms with Gasteiger partial charge in [0.2, 0.25) is 0 Å². The molecule has 60 heavy (non-hydrogen) atoms. The molecule has 0 saturated heterocycles. The SMILES string of the molecule is CCCCC/C=C/C/C=C/C/C=C/C/C=C/CCCCCC(=O)O[C@H](COC(=O)CCCCCC/C=C/C/C=C/C/C=C/CCCCC)COP(=O)([O-])OCC[N+](C)(C)C. The van der Waals surface area contributed by atoms with E-state index in [1.54, 1.807) is 0 Å². The van der Waals surface area contributed by atoms with Crippen molar-refractivity contribution in [3.8, 4) is 0 Å². The highest BCUT2D eigenvalue weighted by Crippen LogP contribution is 2.38. The summed E-state index contributed by atoms with van der Waals surface area (Å²) in [6.45, 7) is 4.09. The van der Waals surface area contributed by atoms with Crippen LogP contribution >= 0.6 is 7.82 Å². The van der Waals surface area contributed by atoms with Crippen molar-refractivity contribution in [2.75, 3.05) is 47.5 Å². The summed E-state index contributed by atoms with van der Waals surface area (Å²) in [5.41, 5.74) is 0. The molecule has 0 aliphatic carbocycles. The predicted molar refractivity (Wildman–Crippen MR) is 249 cm³/mol. The Morgan fingerprint density at radius 3 is 1.33 bits per heavy atom. The maximum atomic E-state index is 12.7. The number of unbranched alkanes of at least 4 members (excludes halogenated alkanes) is 13. The van der Waals surface area contributed by atoms with Crippen molar-refractivity contribution in [2.45, 2.75) is 174 Å². The second-order valence-corrected chi connectivity index (χ2v) is 17.8. The van der Waals surface area contributed by atoms with E-state index in [0.717, 1.165) is 77.0 Å². The van der Waals surface area contributed by atoms with Crippen molar-refractivity contribution in [3.63, 3.8) is 0 Å². The molecule has 344 valence electrons. The molecule has 0 aromatic carbocycles. The van der Waals surface area contributed by atoms with E-state index in [-0.39, 0.29) is 26.1 Å². The van der Waals surface area contributed by atoms with Crippen LogP contribution in [0, 0.1) is 0 Å². The molecule has 0 aromatic rings. The van der Waals surface area contributed by atoms with E-state index in [2.05, 4.69) is 98.9 Å². The molecule has 0 aliphatic rings. The lowest BCUT2D eigenvalue weighted by Crippen LogP contribution is -2.37. The summed E-state index contributed by atoms with van der Waals surface area (Å²) in [4.78, 5) is 37.6. The first-order valence-corrected chi connectivity index (χ1v) is 24.8. The fourth-order valence-corrected chi connectivity index (χ4v) is 6.43. The second-order valence-electron chi connectivity index (χ2n) is 16.4. The summed E-state index contributed by atoms with van der Waals surface area (Å²) in [5.74, 6) is -0.903. The second kappa shape index (κ2) is 41.5. The lowest BCUT2D eigenvalue weighted by atomic mass is 10.1. The van der Waals surface area contributed by atoms with Crippen LogP contribution in [-0.4, -0.2) is 70.0 Å². The van der Waals surface area contributed by atoms with Crippen molar-refractivity contribution in [1.29, 1.82) is 0 Å². The lowest BCUT2D eigenvalue weighted by molar-refractivity contribution is -0.870. The Balaban J connectivity index is 4.46. The zero-order valence-corrected chi connectivity index (χ0v) is 39.5. The Morgan fingerprint density at radius 2 is 0.900 bits per heavy atom. The molecule has 0 aliphatic heterocycles. The molecule has 0 aromatic heterocycles. The van der Waals surface area contributed by atoms with Crippen LogP contribution in [0.2, 0.25) is 0 Å². The van der Waals surface area contributed by atoms with E-state index < -0.39 is 32.5 Å². The first-order chi connectivity index (χ1) is 29.0. The molecule has 0 amide bonds. The van der Waals surface area contributed by atoms with Crippen LogP contribution in [0.5, 0.6) is 0 Å². The molecule has 10 heteroatoms. The minimum absolute atomic E-state index is 0.0459. The van der Waals surface area contributed by atoms with Crippen LogP contribution in [0.1, 0.15) is 168 Å². The van der Waals surface area contributed by atoms with E-state index in [0.29, 0.717) is 23.9 Å². The predicted octanol–water partition coefficient (Wildman–Crippen LogP) is 12.9. The van der Waals surface area contributed by atoms with E-state index in [1.165, 1.54) is 51.4 Å². The first kappa shape index (κ1) is 57.2. The average Bonchev–Trinajstić information content (AvgIpc) is 3.20. The van der Waals surface area contributed by atoms with E-state index in [4.69, 9.17) is 18.5 Å². The Bertz CT molecular complexity index is 1290. The van der Waals surface area contributed by atoms with E-state index in [9.17, 15) is 19.0 Å². The van der Waals surface area contributed by atoms with Gasteiger partial charge in [-0.3, -0.25) is 14.2 Å². The third-order valence-corrected chi connectivity index (χ3v) is 10.4. The standard InChI is InChI=1S/C50H86NO8P/c1-6-8-10-12-14-16-18-20-22-24-25-27-29-31-33-35-37-39-41-43-50(53)59-48(47-58-60(54,55)57-45-44-51(3,4)5)46-56-49(52)42-40-38-36-34-32-30-28-26-23-21-19-17-15-13-11-9-7-2/h14-17,20-23,25,27-28,30-31,33,48H,6-13,18-19,24,26,29,32,34-47H2,1-5H3/b16-14+,17-15+,22-20+,23-21+,27-25+,30-28+,33-31+/t48-/m1/s1. The van der Waals surface area contributed by atoms with Gasteiger partial charge in [-0.2, -0.15) is 0 Å². The summed E-state index contributed by atoms with van der Waals surface area (Å²) in [7, 11) is 1.12. The number of phosphoric ester groups is 1. The molecular weight excluding hydrogens is 774 g/mol. The normalized spacial score (nSPS) is 14.3. The summed E-state index contributed by atoms with van der Waals surface area (Å²) >= 11 is 0. The minimum atomic E-state index is -4.65. The van der Waals surface area contributed by atoms with Gasteiger partial charge >= 0.3 is 11.9 Å². The molecule has 1 unspecified atom stereocenters. The number of rotatable bonds is 41. The largest absolute Gasteiger partial charge is 0.756 e. The maximum Gasteiger partial charge on any atom is 0.306 e. The van der Waals surface area contributed by atoms with E-state index >= 15 is 0 Å². The first-order valence-electron chi connectivity index (χ1n) is 23.3. The van der Waals surface area contributed by atoms with Gasteiger partial charge in [-0.1, -0.05) is 144 Å². The number of nitrogens with zero attached hydrogens (tertiary/aromatic N) is 1. The summed E-state index contributed by atoms with van der Waals surface area (Å²) in [5, 5.41) is 0. The number of esters is 2. The number of ether oxygens (including phenoxy) is 2. The van der Waals surface area contributed by atoms with Crippen molar-refractivity contribution in [3.05, 3.63) is 85.1 Å². The van der Waals surface area contributed by atoms with Crippen molar-refractivity contribution in [1.82, 2.24) is 0 Å². The highest BCUT2D eigenvalue weighted by Gasteiger charge is 2.21. The summed E-state index contributed by atoms with van der Waals surface area (Å²) in [6.07, 6.45) is 53.2. The summed E-state index contributed by atoms with van der Waals surface area (Å²) in [6, 6.07) is 0. The molecule has 0 spiro atoms. The van der Waals surface area contributed by atoms with Crippen LogP contribution in [0.25, 0.3) is 0 Å². The molecular formula is C50H86NO8P. The average molecular weight is 860 g/mol. The third kappa shape index (κ3) is 44.7. The Labute approximate surface area is 367 Å². The number of hydrogen-bond acceptors (Lipinski definition) is 8. The van der Waals surface area contributed by atoms with Crippen molar-refractivity contribution >= 4 is 19.8 Å². The highest BCUT2D eigenvalue weighted by molar-refractivity contribution is 7.45. The number of likely N-dealkylation sites (N-methyl/N-ethyl adjacent to an activating group) is 1.